The first-order valence-electron chi connectivity index (χ1n) is 7.27. The van der Waals surface area contributed by atoms with Gasteiger partial charge in [-0.25, -0.2) is 0 Å². The lowest BCUT2D eigenvalue weighted by Crippen LogP contribution is -2.25. The van der Waals surface area contributed by atoms with E-state index in [1.165, 1.54) is 0 Å². The highest BCUT2D eigenvalue weighted by atomic mass is 79.9. The van der Waals surface area contributed by atoms with Gasteiger partial charge < -0.3 is 9.88 Å². The summed E-state index contributed by atoms with van der Waals surface area (Å²) in [5.41, 5.74) is 1.80. The minimum atomic E-state index is -0.0559. The Bertz CT molecular complexity index is 693. The number of carbonyl (C=O) groups excluding carboxylic acids is 1. The van der Waals surface area contributed by atoms with Gasteiger partial charge in [0, 0.05) is 35.4 Å². The van der Waals surface area contributed by atoms with Crippen molar-refractivity contribution in [2.24, 2.45) is 0 Å². The van der Waals surface area contributed by atoms with Gasteiger partial charge in [-0.1, -0.05) is 17.7 Å². The predicted octanol–water partition coefficient (Wildman–Crippen LogP) is 3.13. The standard InChI is InChI=1S/C17H19BrN2O2/c1-13-4-6-14(7-5-13)17(22)19-10-2-3-11-20-12-15(18)8-9-16(20)21/h4-9,12H,2-3,10-11H2,1H3,(H,19,22). The lowest BCUT2D eigenvalue weighted by atomic mass is 10.1. The molecule has 0 saturated carbocycles. The maximum absolute atomic E-state index is 11.9. The number of carbonyl (C=O) groups is 1. The monoisotopic (exact) mass is 362 g/mol. The SMILES string of the molecule is Cc1ccc(C(=O)NCCCCn2cc(Br)ccc2=O)cc1. The third-order valence-electron chi connectivity index (χ3n) is 3.37. The van der Waals surface area contributed by atoms with E-state index in [4.69, 9.17) is 0 Å². The summed E-state index contributed by atoms with van der Waals surface area (Å²) in [5, 5.41) is 2.90. The van der Waals surface area contributed by atoms with Crippen molar-refractivity contribution in [3.05, 3.63) is 68.5 Å². The summed E-state index contributed by atoms with van der Waals surface area (Å²) < 4.78 is 2.56. The maximum atomic E-state index is 11.9. The van der Waals surface area contributed by atoms with Gasteiger partial charge in [-0.05, 0) is 53.9 Å². The average molecular weight is 363 g/mol. The van der Waals surface area contributed by atoms with Crippen molar-refractivity contribution in [2.75, 3.05) is 6.54 Å². The molecule has 0 saturated heterocycles. The van der Waals surface area contributed by atoms with Gasteiger partial charge in [-0.2, -0.15) is 0 Å². The zero-order chi connectivity index (χ0) is 15.9. The van der Waals surface area contributed by atoms with Crippen LogP contribution in [0.3, 0.4) is 0 Å². The van der Waals surface area contributed by atoms with Gasteiger partial charge >= 0.3 is 0 Å². The first kappa shape index (κ1) is 16.5. The molecule has 0 fully saturated rings. The zero-order valence-electron chi connectivity index (χ0n) is 12.5. The minimum absolute atomic E-state index is 0.00751. The summed E-state index contributed by atoms with van der Waals surface area (Å²) in [7, 11) is 0. The summed E-state index contributed by atoms with van der Waals surface area (Å²) >= 11 is 3.35. The van der Waals surface area contributed by atoms with Crippen LogP contribution in [0, 0.1) is 6.92 Å². The van der Waals surface area contributed by atoms with Gasteiger partial charge in [0.25, 0.3) is 11.5 Å². The number of hydrogen-bond donors (Lipinski definition) is 1. The molecule has 0 aliphatic heterocycles. The first-order valence-corrected chi connectivity index (χ1v) is 8.06. The molecule has 0 spiro atoms. The second kappa shape index (κ2) is 7.94. The second-order valence-electron chi connectivity index (χ2n) is 5.21. The van der Waals surface area contributed by atoms with Crippen molar-refractivity contribution in [3.8, 4) is 0 Å². The van der Waals surface area contributed by atoms with Gasteiger partial charge in [0.2, 0.25) is 0 Å². The highest BCUT2D eigenvalue weighted by molar-refractivity contribution is 9.10. The van der Waals surface area contributed by atoms with Crippen molar-refractivity contribution < 1.29 is 4.79 Å². The molecule has 5 heteroatoms. The molecule has 2 aromatic rings. The number of nitrogens with zero attached hydrogens (tertiary/aromatic N) is 1. The predicted molar refractivity (Wildman–Crippen MR) is 91.1 cm³/mol. The summed E-state index contributed by atoms with van der Waals surface area (Å²) in [6.07, 6.45) is 3.45. The van der Waals surface area contributed by atoms with E-state index in [-0.39, 0.29) is 11.5 Å². The van der Waals surface area contributed by atoms with E-state index in [2.05, 4.69) is 21.2 Å². The van der Waals surface area contributed by atoms with E-state index >= 15 is 0 Å². The van der Waals surface area contributed by atoms with Crippen LogP contribution < -0.4 is 10.9 Å². The van der Waals surface area contributed by atoms with E-state index in [9.17, 15) is 9.59 Å². The first-order chi connectivity index (χ1) is 10.6. The fourth-order valence-corrected chi connectivity index (χ4v) is 2.47. The largest absolute Gasteiger partial charge is 0.352 e. The topological polar surface area (TPSA) is 51.1 Å². The molecule has 22 heavy (non-hydrogen) atoms. The van der Waals surface area contributed by atoms with Crippen molar-refractivity contribution in [3.63, 3.8) is 0 Å². The van der Waals surface area contributed by atoms with E-state index in [1.54, 1.807) is 22.9 Å². The molecule has 0 unspecified atom stereocenters. The van der Waals surface area contributed by atoms with Gasteiger partial charge in [0.1, 0.15) is 0 Å². The van der Waals surface area contributed by atoms with Crippen molar-refractivity contribution >= 4 is 21.8 Å². The Morgan fingerprint density at radius 3 is 2.59 bits per heavy atom. The number of hydrogen-bond acceptors (Lipinski definition) is 2. The molecular formula is C17H19BrN2O2. The molecule has 0 bridgehead atoms. The summed E-state index contributed by atoms with van der Waals surface area (Å²) in [6.45, 7) is 3.25. The molecule has 0 atom stereocenters. The Hall–Kier alpha value is -1.88. The molecule has 116 valence electrons. The van der Waals surface area contributed by atoms with Crippen LogP contribution >= 0.6 is 15.9 Å². The fourth-order valence-electron chi connectivity index (χ4n) is 2.09. The summed E-state index contributed by atoms with van der Waals surface area (Å²) in [5.74, 6) is -0.0559. The minimum Gasteiger partial charge on any atom is -0.352 e. The molecule has 1 heterocycles. The number of halogens is 1. The quantitative estimate of drug-likeness (QED) is 0.802. The highest BCUT2D eigenvalue weighted by Crippen LogP contribution is 2.06. The third-order valence-corrected chi connectivity index (χ3v) is 3.84. The van der Waals surface area contributed by atoms with Crippen LogP contribution in [0.5, 0.6) is 0 Å². The van der Waals surface area contributed by atoms with E-state index in [0.29, 0.717) is 18.7 Å². The number of rotatable bonds is 6. The lowest BCUT2D eigenvalue weighted by molar-refractivity contribution is 0.0953. The van der Waals surface area contributed by atoms with Gasteiger partial charge in [0.05, 0.1) is 0 Å². The molecular weight excluding hydrogens is 344 g/mol. The molecule has 0 aliphatic carbocycles. The van der Waals surface area contributed by atoms with Crippen LogP contribution in [0.25, 0.3) is 0 Å². The van der Waals surface area contributed by atoms with Gasteiger partial charge in [-0.3, -0.25) is 9.59 Å². The van der Waals surface area contributed by atoms with Crippen LogP contribution in [0.2, 0.25) is 0 Å². The lowest BCUT2D eigenvalue weighted by Gasteiger charge is -2.07. The highest BCUT2D eigenvalue weighted by Gasteiger charge is 2.03. The second-order valence-corrected chi connectivity index (χ2v) is 6.12. The molecule has 1 N–H and O–H groups in total. The Morgan fingerprint density at radius 1 is 1.14 bits per heavy atom. The number of pyridine rings is 1. The Morgan fingerprint density at radius 2 is 1.86 bits per heavy atom. The number of aromatic nitrogens is 1. The molecule has 2 rings (SSSR count). The van der Waals surface area contributed by atoms with Crippen LogP contribution in [0.15, 0.2) is 51.9 Å². The molecule has 0 radical (unpaired) electrons. The van der Waals surface area contributed by atoms with Gasteiger partial charge in [0.15, 0.2) is 0 Å². The Labute approximate surface area is 138 Å². The molecule has 4 nitrogen and oxygen atoms in total. The molecule has 1 amide bonds. The van der Waals surface area contributed by atoms with E-state index in [0.717, 1.165) is 22.9 Å². The molecule has 1 aromatic heterocycles. The van der Waals surface area contributed by atoms with E-state index in [1.807, 2.05) is 31.2 Å². The van der Waals surface area contributed by atoms with Crippen molar-refractivity contribution in [1.29, 1.82) is 0 Å². The van der Waals surface area contributed by atoms with Crippen molar-refractivity contribution in [1.82, 2.24) is 9.88 Å². The Kier molecular flexibility index (Phi) is 5.95. The molecule has 0 aliphatic rings. The van der Waals surface area contributed by atoms with Crippen LogP contribution in [0.4, 0.5) is 0 Å². The maximum Gasteiger partial charge on any atom is 0.251 e. The van der Waals surface area contributed by atoms with Crippen molar-refractivity contribution in [2.45, 2.75) is 26.3 Å². The summed E-state index contributed by atoms with van der Waals surface area (Å²) in [6, 6.07) is 10.8. The van der Waals surface area contributed by atoms with Gasteiger partial charge in [-0.15, -0.1) is 0 Å². The number of nitrogens with one attached hydrogen (secondary N) is 1. The number of amides is 1. The third kappa shape index (κ3) is 4.84. The van der Waals surface area contributed by atoms with Crippen LogP contribution in [0.1, 0.15) is 28.8 Å². The number of unbranched alkanes of at least 4 members (excludes halogenated alkanes) is 1. The molecule has 1 aromatic carbocycles. The van der Waals surface area contributed by atoms with Crippen LogP contribution in [-0.2, 0) is 6.54 Å². The number of benzene rings is 1. The number of aryl methyl sites for hydroxylation is 2. The average Bonchev–Trinajstić information content (AvgIpc) is 2.50. The van der Waals surface area contributed by atoms with E-state index < -0.39 is 0 Å². The fraction of sp³-hybridized carbons (Fsp3) is 0.294. The normalized spacial score (nSPS) is 10.5. The van der Waals surface area contributed by atoms with Crippen LogP contribution in [-0.4, -0.2) is 17.0 Å². The Balaban J connectivity index is 1.73. The zero-order valence-corrected chi connectivity index (χ0v) is 14.1. The summed E-state index contributed by atoms with van der Waals surface area (Å²) in [4.78, 5) is 23.5. The smallest absolute Gasteiger partial charge is 0.251 e.